The molecule has 27 heavy (non-hydrogen) atoms. The largest absolute Gasteiger partial charge is 0.330 e. The number of benzene rings is 1. The van der Waals surface area contributed by atoms with Gasteiger partial charge in [-0.15, -0.1) is 0 Å². The van der Waals surface area contributed by atoms with E-state index in [2.05, 4.69) is 4.98 Å². The van der Waals surface area contributed by atoms with Crippen LogP contribution in [0.25, 0.3) is 0 Å². The monoisotopic (exact) mass is 361 g/mol. The van der Waals surface area contributed by atoms with Crippen LogP contribution in [0.2, 0.25) is 0 Å². The van der Waals surface area contributed by atoms with E-state index < -0.39 is 17.9 Å². The Morgan fingerprint density at radius 3 is 2.41 bits per heavy atom. The number of fused-ring (bicyclic) bond motifs is 1. The van der Waals surface area contributed by atoms with Crippen LogP contribution in [0.1, 0.15) is 45.7 Å². The molecular weight excluding hydrogens is 342 g/mol. The van der Waals surface area contributed by atoms with Crippen molar-refractivity contribution in [2.24, 2.45) is 0 Å². The molecule has 6 nitrogen and oxygen atoms in total. The van der Waals surface area contributed by atoms with E-state index >= 15 is 0 Å². The average molecular weight is 361 g/mol. The first-order valence-electron chi connectivity index (χ1n) is 8.92. The Labute approximate surface area is 157 Å². The molecule has 0 bridgehead atoms. The summed E-state index contributed by atoms with van der Waals surface area (Å²) >= 11 is 0. The fourth-order valence-corrected chi connectivity index (χ4v) is 3.71. The molecule has 2 aliphatic rings. The molecule has 2 atom stereocenters. The van der Waals surface area contributed by atoms with Crippen LogP contribution in [0.4, 0.5) is 0 Å². The van der Waals surface area contributed by atoms with Crippen LogP contribution in [0, 0.1) is 0 Å². The van der Waals surface area contributed by atoms with Gasteiger partial charge in [0.1, 0.15) is 6.04 Å². The van der Waals surface area contributed by atoms with Crippen molar-refractivity contribution in [3.8, 4) is 0 Å². The van der Waals surface area contributed by atoms with Crippen molar-refractivity contribution in [3.63, 3.8) is 0 Å². The van der Waals surface area contributed by atoms with E-state index in [0.29, 0.717) is 24.1 Å². The lowest BCUT2D eigenvalue weighted by molar-refractivity contribution is -0.137. The fourth-order valence-electron chi connectivity index (χ4n) is 3.71. The number of amides is 3. The highest BCUT2D eigenvalue weighted by Gasteiger charge is 2.42. The number of pyridine rings is 1. The molecule has 2 aliphatic heterocycles. The number of hydrogen-bond donors (Lipinski definition) is 0. The molecule has 1 aromatic carbocycles. The summed E-state index contributed by atoms with van der Waals surface area (Å²) in [6.45, 7) is 2.05. The Hall–Kier alpha value is -3.28. The van der Waals surface area contributed by atoms with E-state index in [4.69, 9.17) is 0 Å². The maximum atomic E-state index is 13.2. The number of nitrogens with zero attached hydrogens (tertiary/aromatic N) is 3. The minimum absolute atomic E-state index is 0.158. The van der Waals surface area contributed by atoms with Crippen LogP contribution < -0.4 is 0 Å². The van der Waals surface area contributed by atoms with Gasteiger partial charge in [0.2, 0.25) is 5.91 Å². The highest BCUT2D eigenvalue weighted by molar-refractivity contribution is 6.22. The van der Waals surface area contributed by atoms with E-state index in [1.165, 1.54) is 0 Å². The van der Waals surface area contributed by atoms with Gasteiger partial charge >= 0.3 is 0 Å². The summed E-state index contributed by atoms with van der Waals surface area (Å²) in [6.07, 6.45) is 8.08. The Morgan fingerprint density at radius 1 is 1.07 bits per heavy atom. The van der Waals surface area contributed by atoms with Crippen LogP contribution in [0.15, 0.2) is 60.9 Å². The zero-order valence-corrected chi connectivity index (χ0v) is 14.9. The molecule has 6 heteroatoms. The van der Waals surface area contributed by atoms with Crippen LogP contribution >= 0.6 is 0 Å². The molecule has 136 valence electrons. The molecule has 1 aromatic heterocycles. The molecule has 3 heterocycles. The van der Waals surface area contributed by atoms with Gasteiger partial charge in [-0.3, -0.25) is 24.3 Å². The summed E-state index contributed by atoms with van der Waals surface area (Å²) < 4.78 is 0. The van der Waals surface area contributed by atoms with Crippen molar-refractivity contribution < 1.29 is 14.4 Å². The van der Waals surface area contributed by atoms with Gasteiger partial charge in [0.25, 0.3) is 11.8 Å². The number of imide groups is 1. The van der Waals surface area contributed by atoms with Crippen molar-refractivity contribution in [2.75, 3.05) is 6.54 Å². The molecule has 0 spiro atoms. The highest BCUT2D eigenvalue weighted by atomic mass is 16.2. The van der Waals surface area contributed by atoms with Crippen LogP contribution in [0.3, 0.4) is 0 Å². The van der Waals surface area contributed by atoms with Crippen molar-refractivity contribution in [1.82, 2.24) is 14.8 Å². The number of carbonyl (C=O) groups excluding carboxylic acids is 3. The number of hydrogen-bond acceptors (Lipinski definition) is 4. The molecule has 0 saturated carbocycles. The first-order valence-corrected chi connectivity index (χ1v) is 8.92. The number of carbonyl (C=O) groups is 3. The molecule has 0 N–H and O–H groups in total. The number of aromatic nitrogens is 1. The van der Waals surface area contributed by atoms with Gasteiger partial charge in [-0.05, 0) is 37.1 Å². The SMILES string of the molecule is CC(C(=O)N1CC=CC[C@H]1c1cccnc1)N1C(=O)c2ccccc2C1=O. The minimum atomic E-state index is -0.872. The van der Waals surface area contributed by atoms with Crippen molar-refractivity contribution >= 4 is 17.7 Å². The first kappa shape index (κ1) is 17.1. The summed E-state index contributed by atoms with van der Waals surface area (Å²) in [6, 6.07) is 9.41. The topological polar surface area (TPSA) is 70.6 Å². The van der Waals surface area contributed by atoms with Gasteiger partial charge in [-0.2, -0.15) is 0 Å². The second-order valence-corrected chi connectivity index (χ2v) is 6.70. The van der Waals surface area contributed by atoms with Gasteiger partial charge in [-0.1, -0.05) is 30.4 Å². The Morgan fingerprint density at radius 2 is 1.78 bits per heavy atom. The minimum Gasteiger partial charge on any atom is -0.330 e. The van der Waals surface area contributed by atoms with Crippen molar-refractivity contribution in [2.45, 2.75) is 25.4 Å². The quantitative estimate of drug-likeness (QED) is 0.622. The van der Waals surface area contributed by atoms with Crippen molar-refractivity contribution in [1.29, 1.82) is 0 Å². The molecular formula is C21H19N3O3. The fraction of sp³-hybridized carbons (Fsp3) is 0.238. The second kappa shape index (κ2) is 6.79. The van der Waals surface area contributed by atoms with Gasteiger partial charge in [0.05, 0.1) is 17.2 Å². The maximum Gasteiger partial charge on any atom is 0.262 e. The van der Waals surface area contributed by atoms with Gasteiger partial charge in [0, 0.05) is 18.9 Å². The Balaban J connectivity index is 1.61. The smallest absolute Gasteiger partial charge is 0.262 e. The standard InChI is InChI=1S/C21H19N3O3/c1-14(24-20(26)16-8-2-3-9-17(16)21(24)27)19(25)23-12-5-4-10-18(23)15-7-6-11-22-13-15/h2-9,11,13-14,18H,10,12H2,1H3/t14?,18-/m0/s1. The third-order valence-electron chi connectivity index (χ3n) is 5.13. The summed E-state index contributed by atoms with van der Waals surface area (Å²) in [4.78, 5) is 45.6. The van der Waals surface area contributed by atoms with Gasteiger partial charge < -0.3 is 4.90 Å². The predicted octanol–water partition coefficient (Wildman–Crippen LogP) is 2.60. The van der Waals surface area contributed by atoms with E-state index in [0.717, 1.165) is 10.5 Å². The third kappa shape index (κ3) is 2.83. The van der Waals surface area contributed by atoms with E-state index in [9.17, 15) is 14.4 Å². The summed E-state index contributed by atoms with van der Waals surface area (Å²) in [5.74, 6) is -1.08. The molecule has 0 fully saturated rings. The Kier molecular flexibility index (Phi) is 4.32. The summed E-state index contributed by atoms with van der Waals surface area (Å²) in [5, 5.41) is 0. The van der Waals surface area contributed by atoms with Crippen LogP contribution in [0.5, 0.6) is 0 Å². The van der Waals surface area contributed by atoms with Crippen LogP contribution in [-0.4, -0.2) is 45.1 Å². The second-order valence-electron chi connectivity index (χ2n) is 6.70. The lowest BCUT2D eigenvalue weighted by atomic mass is 9.99. The molecule has 4 rings (SSSR count). The van der Waals surface area contributed by atoms with E-state index in [-0.39, 0.29) is 11.9 Å². The molecule has 2 aromatic rings. The lowest BCUT2D eigenvalue weighted by Gasteiger charge is -2.36. The number of rotatable bonds is 3. The zero-order chi connectivity index (χ0) is 19.0. The first-order chi connectivity index (χ1) is 13.1. The Bertz CT molecular complexity index is 904. The summed E-state index contributed by atoms with van der Waals surface area (Å²) in [7, 11) is 0. The van der Waals surface area contributed by atoms with Gasteiger partial charge in [-0.25, -0.2) is 0 Å². The van der Waals surface area contributed by atoms with E-state index in [1.807, 2.05) is 24.3 Å². The molecule has 0 aliphatic carbocycles. The molecule has 0 saturated heterocycles. The van der Waals surface area contributed by atoms with E-state index in [1.54, 1.807) is 48.5 Å². The molecule has 1 unspecified atom stereocenters. The average Bonchev–Trinajstić information content (AvgIpc) is 2.98. The maximum absolute atomic E-state index is 13.2. The normalized spacial score (nSPS) is 20.0. The predicted molar refractivity (Wildman–Crippen MR) is 98.9 cm³/mol. The van der Waals surface area contributed by atoms with Crippen LogP contribution in [-0.2, 0) is 4.79 Å². The van der Waals surface area contributed by atoms with Crippen molar-refractivity contribution in [3.05, 3.63) is 77.6 Å². The zero-order valence-electron chi connectivity index (χ0n) is 14.9. The third-order valence-corrected chi connectivity index (χ3v) is 5.13. The highest BCUT2D eigenvalue weighted by Crippen LogP contribution is 2.30. The van der Waals surface area contributed by atoms with Gasteiger partial charge in [0.15, 0.2) is 0 Å². The molecule has 0 radical (unpaired) electrons. The lowest BCUT2D eigenvalue weighted by Crippen LogP contribution is -2.50. The summed E-state index contributed by atoms with van der Waals surface area (Å²) in [5.41, 5.74) is 1.64. The molecule has 3 amide bonds.